The molecule has 0 radical (unpaired) electrons. The van der Waals surface area contributed by atoms with Crippen LogP contribution in [0.2, 0.25) is 0 Å². The molecule has 1 rings (SSSR count). The number of nitrogens with one attached hydrogen (secondary N) is 2. The van der Waals surface area contributed by atoms with Crippen LogP contribution < -0.4 is 10.6 Å². The number of hydrogen-bond donors (Lipinski definition) is 2. The fourth-order valence-electron chi connectivity index (χ4n) is 1.54. The van der Waals surface area contributed by atoms with Gasteiger partial charge in [0.05, 0.1) is 0 Å². The molecule has 0 aromatic carbocycles. The van der Waals surface area contributed by atoms with Crippen molar-refractivity contribution >= 4 is 30.1 Å². The number of hydrogen-bond acceptors (Lipinski definition) is 4. The van der Waals surface area contributed by atoms with E-state index in [1.54, 1.807) is 0 Å². The number of halogens is 1. The molecule has 0 saturated carbocycles. The summed E-state index contributed by atoms with van der Waals surface area (Å²) in [4.78, 5) is 35.2. The summed E-state index contributed by atoms with van der Waals surface area (Å²) < 4.78 is 0. The molecule has 0 aromatic rings. The number of carbonyl (C=O) groups excluding carboxylic acids is 3. The van der Waals surface area contributed by atoms with E-state index in [4.69, 9.17) is 0 Å². The Balaban J connectivity index is 0.00000289. The van der Waals surface area contributed by atoms with Crippen molar-refractivity contribution in [3.05, 3.63) is 0 Å². The number of amides is 3. The van der Waals surface area contributed by atoms with Gasteiger partial charge in [0, 0.05) is 38.4 Å². The first-order chi connectivity index (χ1) is 8.04. The minimum atomic E-state index is -0.175. The van der Waals surface area contributed by atoms with Gasteiger partial charge in [-0.15, -0.1) is 12.4 Å². The van der Waals surface area contributed by atoms with Gasteiger partial charge in [0.25, 0.3) is 0 Å². The molecule has 1 heterocycles. The van der Waals surface area contributed by atoms with E-state index < -0.39 is 0 Å². The zero-order valence-corrected chi connectivity index (χ0v) is 11.5. The van der Waals surface area contributed by atoms with Crippen molar-refractivity contribution < 1.29 is 14.4 Å². The van der Waals surface area contributed by atoms with Gasteiger partial charge in [-0.2, -0.15) is 0 Å². The second-order valence-corrected chi connectivity index (χ2v) is 4.18. The molecular formula is C11H20ClN3O3. The maximum Gasteiger partial charge on any atom is 0.229 e. The van der Waals surface area contributed by atoms with Crippen molar-refractivity contribution in [1.29, 1.82) is 0 Å². The average Bonchev–Trinajstić information content (AvgIpc) is 2.63. The molecule has 0 spiro atoms. The van der Waals surface area contributed by atoms with Crippen molar-refractivity contribution in [3.63, 3.8) is 0 Å². The highest BCUT2D eigenvalue weighted by Gasteiger charge is 2.28. The van der Waals surface area contributed by atoms with E-state index in [1.165, 1.54) is 4.90 Å². The van der Waals surface area contributed by atoms with Crippen LogP contribution in [0.3, 0.4) is 0 Å². The number of nitrogens with zero attached hydrogens (tertiary/aromatic N) is 1. The zero-order valence-electron chi connectivity index (χ0n) is 10.7. The molecule has 0 bridgehead atoms. The summed E-state index contributed by atoms with van der Waals surface area (Å²) in [5.41, 5.74) is 0. The van der Waals surface area contributed by atoms with Gasteiger partial charge in [-0.05, 0) is 14.0 Å². The maximum atomic E-state index is 11.4. The van der Waals surface area contributed by atoms with E-state index in [0.717, 1.165) is 0 Å². The Morgan fingerprint density at radius 1 is 1.33 bits per heavy atom. The first-order valence-corrected chi connectivity index (χ1v) is 5.81. The Morgan fingerprint density at radius 3 is 2.39 bits per heavy atom. The molecular weight excluding hydrogens is 258 g/mol. The third-order valence-electron chi connectivity index (χ3n) is 2.82. The lowest BCUT2D eigenvalue weighted by atomic mass is 10.3. The Morgan fingerprint density at radius 2 is 1.89 bits per heavy atom. The van der Waals surface area contributed by atoms with Crippen LogP contribution in [-0.4, -0.2) is 48.8 Å². The van der Waals surface area contributed by atoms with Gasteiger partial charge >= 0.3 is 0 Å². The van der Waals surface area contributed by atoms with E-state index in [1.807, 2.05) is 14.0 Å². The van der Waals surface area contributed by atoms with E-state index in [2.05, 4.69) is 10.6 Å². The van der Waals surface area contributed by atoms with E-state index >= 15 is 0 Å². The Kier molecular flexibility index (Phi) is 7.54. The van der Waals surface area contributed by atoms with Crippen LogP contribution in [0.25, 0.3) is 0 Å². The normalized spacial score (nSPS) is 16.4. The number of imide groups is 1. The molecule has 2 N–H and O–H groups in total. The molecule has 1 atom stereocenters. The number of carbonyl (C=O) groups is 3. The fraction of sp³-hybridized carbons (Fsp3) is 0.727. The Labute approximate surface area is 113 Å². The molecule has 3 amide bonds. The molecule has 1 aliphatic rings. The van der Waals surface area contributed by atoms with Gasteiger partial charge in [-0.1, -0.05) is 0 Å². The van der Waals surface area contributed by atoms with E-state index in [9.17, 15) is 14.4 Å². The molecule has 1 unspecified atom stereocenters. The van der Waals surface area contributed by atoms with Gasteiger partial charge < -0.3 is 10.6 Å². The summed E-state index contributed by atoms with van der Waals surface area (Å²) >= 11 is 0. The molecule has 104 valence electrons. The third-order valence-corrected chi connectivity index (χ3v) is 2.82. The highest BCUT2D eigenvalue weighted by atomic mass is 35.5. The van der Waals surface area contributed by atoms with Crippen LogP contribution in [0.5, 0.6) is 0 Å². The minimum Gasteiger partial charge on any atom is -0.354 e. The lowest BCUT2D eigenvalue weighted by Crippen LogP contribution is -2.39. The summed E-state index contributed by atoms with van der Waals surface area (Å²) in [6.07, 6.45) is 0.725. The van der Waals surface area contributed by atoms with Gasteiger partial charge in [0.2, 0.25) is 17.7 Å². The minimum absolute atomic E-state index is 0. The molecule has 18 heavy (non-hydrogen) atoms. The van der Waals surface area contributed by atoms with Crippen molar-refractivity contribution in [2.45, 2.75) is 32.2 Å². The van der Waals surface area contributed by atoms with Crippen molar-refractivity contribution in [2.75, 3.05) is 20.1 Å². The van der Waals surface area contributed by atoms with Crippen LogP contribution in [0, 0.1) is 0 Å². The standard InChI is InChI=1S/C11H19N3O3.ClH/c1-8(12-2)7-13-9(15)5-6-14-10(16)3-4-11(14)17;/h8,12H,3-7H2,1-2H3,(H,13,15);1H. The van der Waals surface area contributed by atoms with Crippen LogP contribution in [0.1, 0.15) is 26.2 Å². The molecule has 0 aromatic heterocycles. The monoisotopic (exact) mass is 277 g/mol. The summed E-state index contributed by atoms with van der Waals surface area (Å²) in [5, 5.41) is 5.73. The number of likely N-dealkylation sites (tertiary alicyclic amines) is 1. The second-order valence-electron chi connectivity index (χ2n) is 4.18. The topological polar surface area (TPSA) is 78.5 Å². The number of likely N-dealkylation sites (N-methyl/N-ethyl adjacent to an activating group) is 1. The van der Waals surface area contributed by atoms with Gasteiger partial charge in [-0.3, -0.25) is 19.3 Å². The first-order valence-electron chi connectivity index (χ1n) is 5.81. The van der Waals surface area contributed by atoms with Crippen molar-refractivity contribution in [1.82, 2.24) is 15.5 Å². The van der Waals surface area contributed by atoms with Crippen molar-refractivity contribution in [3.8, 4) is 0 Å². The van der Waals surface area contributed by atoms with Crippen LogP contribution in [0.4, 0.5) is 0 Å². The Hall–Kier alpha value is -1.14. The SMILES string of the molecule is CNC(C)CNC(=O)CCN1C(=O)CCC1=O.Cl. The van der Waals surface area contributed by atoms with E-state index in [-0.39, 0.29) is 62.0 Å². The fourth-order valence-corrected chi connectivity index (χ4v) is 1.54. The second kappa shape index (κ2) is 8.05. The maximum absolute atomic E-state index is 11.4. The predicted molar refractivity (Wildman–Crippen MR) is 69.4 cm³/mol. The average molecular weight is 278 g/mol. The van der Waals surface area contributed by atoms with Crippen LogP contribution in [-0.2, 0) is 14.4 Å². The van der Waals surface area contributed by atoms with Gasteiger partial charge in [0.15, 0.2) is 0 Å². The number of rotatable bonds is 6. The summed E-state index contributed by atoms with van der Waals surface area (Å²) in [7, 11) is 1.82. The quantitative estimate of drug-likeness (QED) is 0.652. The van der Waals surface area contributed by atoms with Gasteiger partial charge in [0.1, 0.15) is 0 Å². The third kappa shape index (κ3) is 5.01. The highest BCUT2D eigenvalue weighted by molar-refractivity contribution is 6.02. The van der Waals surface area contributed by atoms with Gasteiger partial charge in [-0.25, -0.2) is 0 Å². The largest absolute Gasteiger partial charge is 0.354 e. The molecule has 1 aliphatic heterocycles. The molecule has 6 nitrogen and oxygen atoms in total. The van der Waals surface area contributed by atoms with Crippen molar-refractivity contribution in [2.24, 2.45) is 0 Å². The molecule has 7 heteroatoms. The Bertz CT molecular complexity index is 307. The molecule has 0 aliphatic carbocycles. The van der Waals surface area contributed by atoms with Crippen LogP contribution in [0.15, 0.2) is 0 Å². The smallest absolute Gasteiger partial charge is 0.229 e. The molecule has 1 saturated heterocycles. The van der Waals surface area contributed by atoms with Crippen LogP contribution >= 0.6 is 12.4 Å². The first kappa shape index (κ1) is 16.9. The predicted octanol–water partition coefficient (Wildman–Crippen LogP) is -0.329. The zero-order chi connectivity index (χ0) is 12.8. The summed E-state index contributed by atoms with van der Waals surface area (Å²) in [5.74, 6) is -0.489. The summed E-state index contributed by atoms with van der Waals surface area (Å²) in [6, 6.07) is 0.203. The lowest BCUT2D eigenvalue weighted by molar-refractivity contribution is -0.138. The summed E-state index contributed by atoms with van der Waals surface area (Å²) in [6.45, 7) is 2.68. The highest BCUT2D eigenvalue weighted by Crippen LogP contribution is 2.11. The van der Waals surface area contributed by atoms with E-state index in [0.29, 0.717) is 6.54 Å². The lowest BCUT2D eigenvalue weighted by Gasteiger charge is -2.14. The molecule has 1 fully saturated rings.